The van der Waals surface area contributed by atoms with Crippen molar-refractivity contribution in [3.63, 3.8) is 0 Å². The Bertz CT molecular complexity index is 758. The Labute approximate surface area is 159 Å². The quantitative estimate of drug-likeness (QED) is 0.627. The number of aliphatic hydroxyl groups is 1. The van der Waals surface area contributed by atoms with Gasteiger partial charge in [0, 0.05) is 12.6 Å². The van der Waals surface area contributed by atoms with Crippen LogP contribution in [0, 0.1) is 0 Å². The Balaban J connectivity index is 1.83. The number of carbonyl (C=O) groups excluding carboxylic acids is 1. The summed E-state index contributed by atoms with van der Waals surface area (Å²) in [5, 5.41) is 12.8. The first kappa shape index (κ1) is 20.3. The lowest BCUT2D eigenvalue weighted by molar-refractivity contribution is -0.114. The number of ether oxygens (including phenoxy) is 3. The van der Waals surface area contributed by atoms with E-state index in [0.29, 0.717) is 22.9 Å². The van der Waals surface area contributed by atoms with Gasteiger partial charge in [-0.2, -0.15) is 0 Å². The molecule has 2 N–H and O–H groups in total. The third-order valence-electron chi connectivity index (χ3n) is 3.66. The number of hydrogen-bond donors (Lipinski definition) is 2. The highest BCUT2D eigenvalue weighted by Gasteiger charge is 2.10. The van der Waals surface area contributed by atoms with E-state index < -0.39 is 6.10 Å². The van der Waals surface area contributed by atoms with E-state index in [1.807, 2.05) is 24.3 Å². The average molecular weight is 371 g/mol. The summed E-state index contributed by atoms with van der Waals surface area (Å²) in [6.45, 7) is 5.32. The summed E-state index contributed by atoms with van der Waals surface area (Å²) < 4.78 is 16.5. The Morgan fingerprint density at radius 3 is 2.48 bits per heavy atom. The van der Waals surface area contributed by atoms with Crippen molar-refractivity contribution in [2.24, 2.45) is 0 Å². The molecule has 0 fully saturated rings. The van der Waals surface area contributed by atoms with E-state index in [1.165, 1.54) is 6.92 Å². The van der Waals surface area contributed by atoms with Crippen molar-refractivity contribution < 1.29 is 24.1 Å². The number of carbonyl (C=O) groups is 1. The second-order valence-corrected chi connectivity index (χ2v) is 5.96. The van der Waals surface area contributed by atoms with Crippen LogP contribution in [0.4, 0.5) is 5.69 Å². The number of rotatable bonds is 10. The first-order chi connectivity index (χ1) is 13.0. The van der Waals surface area contributed by atoms with E-state index in [-0.39, 0.29) is 19.1 Å². The first-order valence-electron chi connectivity index (χ1n) is 8.61. The predicted molar refractivity (Wildman–Crippen MR) is 105 cm³/mol. The highest BCUT2D eigenvalue weighted by molar-refractivity contribution is 5.88. The standard InChI is InChI=1S/C21H25NO5/c1-4-5-16-6-11-20(21(12-16)25-3)27-14-18(24)13-26-19-9-7-17(8-10-19)22-15(2)23/h4,6-12,18,24H,1,5,13-14H2,2-3H3,(H,22,23)/t18-/m0/s1. The zero-order valence-corrected chi connectivity index (χ0v) is 15.6. The van der Waals surface area contributed by atoms with Crippen LogP contribution in [-0.4, -0.2) is 37.4 Å². The number of amides is 1. The molecule has 1 amide bonds. The van der Waals surface area contributed by atoms with Crippen molar-refractivity contribution in [1.82, 2.24) is 0 Å². The van der Waals surface area contributed by atoms with Crippen molar-refractivity contribution >= 4 is 11.6 Å². The van der Waals surface area contributed by atoms with Gasteiger partial charge in [-0.05, 0) is 48.4 Å². The molecule has 2 rings (SSSR count). The molecule has 0 saturated heterocycles. The highest BCUT2D eigenvalue weighted by Crippen LogP contribution is 2.28. The van der Waals surface area contributed by atoms with Crippen LogP contribution in [0.2, 0.25) is 0 Å². The molecule has 6 heteroatoms. The fourth-order valence-electron chi connectivity index (χ4n) is 2.39. The van der Waals surface area contributed by atoms with E-state index in [0.717, 1.165) is 12.0 Å². The maximum Gasteiger partial charge on any atom is 0.221 e. The van der Waals surface area contributed by atoms with Gasteiger partial charge in [0.15, 0.2) is 11.5 Å². The molecule has 0 spiro atoms. The highest BCUT2D eigenvalue weighted by atomic mass is 16.5. The molecule has 0 unspecified atom stereocenters. The number of anilines is 1. The lowest BCUT2D eigenvalue weighted by Gasteiger charge is -2.16. The molecule has 0 saturated carbocycles. The number of nitrogens with one attached hydrogen (secondary N) is 1. The number of hydrogen-bond acceptors (Lipinski definition) is 5. The third-order valence-corrected chi connectivity index (χ3v) is 3.66. The van der Waals surface area contributed by atoms with Gasteiger partial charge in [-0.3, -0.25) is 4.79 Å². The van der Waals surface area contributed by atoms with E-state index in [2.05, 4.69) is 11.9 Å². The van der Waals surface area contributed by atoms with Gasteiger partial charge in [0.05, 0.1) is 7.11 Å². The van der Waals surface area contributed by atoms with Gasteiger partial charge in [-0.15, -0.1) is 6.58 Å². The first-order valence-corrected chi connectivity index (χ1v) is 8.61. The monoisotopic (exact) mass is 371 g/mol. The maximum absolute atomic E-state index is 11.0. The van der Waals surface area contributed by atoms with E-state index in [4.69, 9.17) is 14.2 Å². The maximum atomic E-state index is 11.0. The van der Waals surface area contributed by atoms with Crippen LogP contribution < -0.4 is 19.5 Å². The molecule has 0 bridgehead atoms. The van der Waals surface area contributed by atoms with Crippen LogP contribution in [0.5, 0.6) is 17.2 Å². The van der Waals surface area contributed by atoms with E-state index >= 15 is 0 Å². The van der Waals surface area contributed by atoms with Gasteiger partial charge < -0.3 is 24.6 Å². The van der Waals surface area contributed by atoms with Crippen molar-refractivity contribution in [2.45, 2.75) is 19.4 Å². The van der Waals surface area contributed by atoms with Crippen molar-refractivity contribution in [3.8, 4) is 17.2 Å². The molecule has 0 radical (unpaired) electrons. The van der Waals surface area contributed by atoms with E-state index in [9.17, 15) is 9.90 Å². The molecule has 0 aromatic heterocycles. The van der Waals surface area contributed by atoms with Gasteiger partial charge in [0.2, 0.25) is 5.91 Å². The van der Waals surface area contributed by atoms with Gasteiger partial charge in [0.25, 0.3) is 0 Å². The zero-order chi connectivity index (χ0) is 19.6. The number of allylic oxidation sites excluding steroid dienone is 1. The number of aliphatic hydroxyl groups excluding tert-OH is 1. The van der Waals surface area contributed by atoms with E-state index in [1.54, 1.807) is 31.4 Å². The Kier molecular flexibility index (Phi) is 7.70. The largest absolute Gasteiger partial charge is 0.493 e. The number of methoxy groups -OCH3 is 1. The Morgan fingerprint density at radius 2 is 1.85 bits per heavy atom. The lowest BCUT2D eigenvalue weighted by atomic mass is 10.1. The fourth-order valence-corrected chi connectivity index (χ4v) is 2.39. The molecule has 1 atom stereocenters. The summed E-state index contributed by atoms with van der Waals surface area (Å²) in [4.78, 5) is 11.0. The summed E-state index contributed by atoms with van der Waals surface area (Å²) in [5.41, 5.74) is 1.76. The smallest absolute Gasteiger partial charge is 0.221 e. The summed E-state index contributed by atoms with van der Waals surface area (Å²) in [5.74, 6) is 1.62. The zero-order valence-electron chi connectivity index (χ0n) is 15.6. The topological polar surface area (TPSA) is 77.0 Å². The summed E-state index contributed by atoms with van der Waals surface area (Å²) in [6.07, 6.45) is 1.75. The van der Waals surface area contributed by atoms with Gasteiger partial charge in [0.1, 0.15) is 25.1 Å². The molecule has 0 aliphatic rings. The Morgan fingerprint density at radius 1 is 1.15 bits per heavy atom. The normalized spacial score (nSPS) is 11.4. The predicted octanol–water partition coefficient (Wildman–Crippen LogP) is 3.20. The van der Waals surface area contributed by atoms with Gasteiger partial charge in [-0.1, -0.05) is 12.1 Å². The van der Waals surface area contributed by atoms with Gasteiger partial charge >= 0.3 is 0 Å². The summed E-state index contributed by atoms with van der Waals surface area (Å²) in [7, 11) is 1.57. The van der Waals surface area contributed by atoms with Crippen LogP contribution in [-0.2, 0) is 11.2 Å². The minimum atomic E-state index is -0.808. The number of benzene rings is 2. The van der Waals surface area contributed by atoms with Crippen molar-refractivity contribution in [2.75, 3.05) is 25.6 Å². The van der Waals surface area contributed by atoms with Crippen molar-refractivity contribution in [1.29, 1.82) is 0 Å². The summed E-state index contributed by atoms with van der Waals surface area (Å²) >= 11 is 0. The molecule has 27 heavy (non-hydrogen) atoms. The third kappa shape index (κ3) is 6.67. The molecule has 0 aliphatic heterocycles. The minimum Gasteiger partial charge on any atom is -0.493 e. The Hall–Kier alpha value is -2.99. The van der Waals surface area contributed by atoms with Crippen LogP contribution >= 0.6 is 0 Å². The molecular formula is C21H25NO5. The SMILES string of the molecule is C=CCc1ccc(OC[C@@H](O)COc2ccc(NC(C)=O)cc2)c(OC)c1. The lowest BCUT2D eigenvalue weighted by Crippen LogP contribution is -2.25. The molecule has 144 valence electrons. The van der Waals surface area contributed by atoms with Crippen LogP contribution in [0.3, 0.4) is 0 Å². The molecule has 2 aromatic rings. The second kappa shape index (κ2) is 10.2. The average Bonchev–Trinajstić information content (AvgIpc) is 2.66. The molecule has 0 aliphatic carbocycles. The second-order valence-electron chi connectivity index (χ2n) is 5.96. The van der Waals surface area contributed by atoms with Crippen LogP contribution in [0.15, 0.2) is 55.1 Å². The molecule has 2 aromatic carbocycles. The summed E-state index contributed by atoms with van der Waals surface area (Å²) in [6, 6.07) is 12.5. The minimum absolute atomic E-state index is 0.0706. The fraction of sp³-hybridized carbons (Fsp3) is 0.286. The molecular weight excluding hydrogens is 346 g/mol. The molecule has 6 nitrogen and oxygen atoms in total. The van der Waals surface area contributed by atoms with Gasteiger partial charge in [-0.25, -0.2) is 0 Å². The van der Waals surface area contributed by atoms with Crippen LogP contribution in [0.1, 0.15) is 12.5 Å². The molecule has 0 heterocycles. The van der Waals surface area contributed by atoms with Crippen LogP contribution in [0.25, 0.3) is 0 Å². The van der Waals surface area contributed by atoms with Crippen molar-refractivity contribution in [3.05, 3.63) is 60.7 Å².